The Bertz CT molecular complexity index is 353. The first-order valence-electron chi connectivity index (χ1n) is 7.74. The Morgan fingerprint density at radius 3 is 2.65 bits per heavy atom. The van der Waals surface area contributed by atoms with E-state index >= 15 is 0 Å². The van der Waals surface area contributed by atoms with Crippen LogP contribution in [0.25, 0.3) is 0 Å². The molecule has 1 rings (SSSR count). The zero-order chi connectivity index (χ0) is 14.8. The average Bonchev–Trinajstić information content (AvgIpc) is 2.49. The highest BCUT2D eigenvalue weighted by Crippen LogP contribution is 2.16. The Balaban J connectivity index is 2.58. The smallest absolute Gasteiger partial charge is 0.128 e. The van der Waals surface area contributed by atoms with Crippen molar-refractivity contribution < 1.29 is 4.74 Å². The molecule has 0 aliphatic heterocycles. The van der Waals surface area contributed by atoms with Crippen molar-refractivity contribution in [2.24, 2.45) is 0 Å². The summed E-state index contributed by atoms with van der Waals surface area (Å²) in [4.78, 5) is 6.83. The number of hydrogen-bond donors (Lipinski definition) is 1. The van der Waals surface area contributed by atoms with E-state index in [2.05, 4.69) is 48.1 Å². The standard InChI is InChI=1S/C16H29N3O/c1-5-10-17-14(4)15-8-9-16(18-13-15)19(6-2)11-12-20-7-3/h8-9,13-14,17H,5-7,10-12H2,1-4H3. The number of ether oxygens (including phenoxy) is 1. The summed E-state index contributed by atoms with van der Waals surface area (Å²) in [5.74, 6) is 1.03. The number of anilines is 1. The van der Waals surface area contributed by atoms with Crippen LogP contribution in [0.4, 0.5) is 5.82 Å². The molecule has 4 heteroatoms. The second-order valence-electron chi connectivity index (χ2n) is 4.90. The van der Waals surface area contributed by atoms with Crippen LogP contribution < -0.4 is 10.2 Å². The lowest BCUT2D eigenvalue weighted by Crippen LogP contribution is -2.28. The Kier molecular flexibility index (Phi) is 8.23. The van der Waals surface area contributed by atoms with Gasteiger partial charge in [0.15, 0.2) is 0 Å². The minimum Gasteiger partial charge on any atom is -0.380 e. The lowest BCUT2D eigenvalue weighted by atomic mass is 10.1. The zero-order valence-corrected chi connectivity index (χ0v) is 13.4. The number of hydrogen-bond acceptors (Lipinski definition) is 4. The normalized spacial score (nSPS) is 12.4. The topological polar surface area (TPSA) is 37.4 Å². The fourth-order valence-corrected chi connectivity index (χ4v) is 2.07. The molecule has 0 amide bonds. The van der Waals surface area contributed by atoms with Crippen molar-refractivity contribution in [2.45, 2.75) is 40.2 Å². The Morgan fingerprint density at radius 1 is 1.30 bits per heavy atom. The van der Waals surface area contributed by atoms with E-state index in [1.807, 2.05) is 13.1 Å². The third-order valence-corrected chi connectivity index (χ3v) is 3.39. The molecule has 1 aromatic heterocycles. The molecular formula is C16H29N3O. The Labute approximate surface area is 123 Å². The van der Waals surface area contributed by atoms with Crippen LogP contribution in [0.1, 0.15) is 45.7 Å². The van der Waals surface area contributed by atoms with E-state index in [1.165, 1.54) is 5.56 Å². The largest absolute Gasteiger partial charge is 0.380 e. The second kappa shape index (κ2) is 9.72. The monoisotopic (exact) mass is 279 g/mol. The van der Waals surface area contributed by atoms with Crippen LogP contribution in [0.5, 0.6) is 0 Å². The van der Waals surface area contributed by atoms with E-state index in [0.717, 1.165) is 45.1 Å². The summed E-state index contributed by atoms with van der Waals surface area (Å²) >= 11 is 0. The average molecular weight is 279 g/mol. The molecule has 0 aromatic carbocycles. The van der Waals surface area contributed by atoms with Gasteiger partial charge in [-0.1, -0.05) is 13.0 Å². The fraction of sp³-hybridized carbons (Fsp3) is 0.688. The quantitative estimate of drug-likeness (QED) is 0.668. The maximum Gasteiger partial charge on any atom is 0.128 e. The third-order valence-electron chi connectivity index (χ3n) is 3.39. The lowest BCUT2D eigenvalue weighted by molar-refractivity contribution is 0.154. The number of aromatic nitrogens is 1. The van der Waals surface area contributed by atoms with Crippen LogP contribution in [0.2, 0.25) is 0 Å². The van der Waals surface area contributed by atoms with E-state index in [-0.39, 0.29) is 0 Å². The van der Waals surface area contributed by atoms with Crippen molar-refractivity contribution in [3.05, 3.63) is 23.9 Å². The van der Waals surface area contributed by atoms with E-state index in [4.69, 9.17) is 4.74 Å². The van der Waals surface area contributed by atoms with Gasteiger partial charge in [0.05, 0.1) is 6.61 Å². The van der Waals surface area contributed by atoms with Crippen LogP contribution >= 0.6 is 0 Å². The van der Waals surface area contributed by atoms with E-state index in [1.54, 1.807) is 0 Å². The summed E-state index contributed by atoms with van der Waals surface area (Å²) in [6.45, 7) is 12.9. The molecule has 0 fully saturated rings. The van der Waals surface area contributed by atoms with Gasteiger partial charge in [0.1, 0.15) is 5.82 Å². The van der Waals surface area contributed by atoms with Crippen LogP contribution in [0.15, 0.2) is 18.3 Å². The highest BCUT2D eigenvalue weighted by Gasteiger charge is 2.08. The molecule has 1 heterocycles. The molecule has 114 valence electrons. The summed E-state index contributed by atoms with van der Waals surface area (Å²) in [7, 11) is 0. The first-order valence-corrected chi connectivity index (χ1v) is 7.74. The predicted octanol–water partition coefficient (Wildman–Crippen LogP) is 3.01. The highest BCUT2D eigenvalue weighted by molar-refractivity contribution is 5.39. The van der Waals surface area contributed by atoms with Gasteiger partial charge in [-0.3, -0.25) is 0 Å². The van der Waals surface area contributed by atoms with Gasteiger partial charge in [0.2, 0.25) is 0 Å². The fourth-order valence-electron chi connectivity index (χ4n) is 2.07. The molecule has 20 heavy (non-hydrogen) atoms. The maximum atomic E-state index is 5.41. The van der Waals surface area contributed by atoms with Crippen LogP contribution in [0.3, 0.4) is 0 Å². The molecule has 1 atom stereocenters. The van der Waals surface area contributed by atoms with Gasteiger partial charge in [-0.05, 0) is 45.4 Å². The van der Waals surface area contributed by atoms with Crippen molar-refractivity contribution in [3.63, 3.8) is 0 Å². The van der Waals surface area contributed by atoms with Gasteiger partial charge < -0.3 is 15.0 Å². The molecule has 0 radical (unpaired) electrons. The van der Waals surface area contributed by atoms with Gasteiger partial charge in [-0.25, -0.2) is 4.98 Å². The summed E-state index contributed by atoms with van der Waals surface area (Å²) < 4.78 is 5.41. The SMILES string of the molecule is CCCNC(C)c1ccc(N(CC)CCOCC)nc1. The molecule has 0 aliphatic carbocycles. The molecule has 0 saturated carbocycles. The molecule has 1 unspecified atom stereocenters. The Morgan fingerprint density at radius 2 is 2.10 bits per heavy atom. The molecule has 0 spiro atoms. The van der Waals surface area contributed by atoms with Gasteiger partial charge in [0.25, 0.3) is 0 Å². The van der Waals surface area contributed by atoms with Crippen molar-refractivity contribution in [1.29, 1.82) is 0 Å². The maximum absolute atomic E-state index is 5.41. The van der Waals surface area contributed by atoms with Crippen LogP contribution in [-0.2, 0) is 4.74 Å². The summed E-state index contributed by atoms with van der Waals surface area (Å²) in [5, 5.41) is 3.48. The number of nitrogens with zero attached hydrogens (tertiary/aromatic N) is 2. The molecule has 0 saturated heterocycles. The third kappa shape index (κ3) is 5.47. The number of pyridine rings is 1. The first kappa shape index (κ1) is 16.9. The number of rotatable bonds is 10. The summed E-state index contributed by atoms with van der Waals surface area (Å²) in [6.07, 6.45) is 3.13. The molecule has 1 N–H and O–H groups in total. The molecule has 4 nitrogen and oxygen atoms in total. The Hall–Kier alpha value is -1.13. The zero-order valence-electron chi connectivity index (χ0n) is 13.4. The van der Waals surface area contributed by atoms with Gasteiger partial charge in [0, 0.05) is 31.9 Å². The van der Waals surface area contributed by atoms with Crippen molar-refractivity contribution >= 4 is 5.82 Å². The first-order chi connectivity index (χ1) is 9.72. The number of likely N-dealkylation sites (N-methyl/N-ethyl adjacent to an activating group) is 1. The molecule has 1 aromatic rings. The van der Waals surface area contributed by atoms with Crippen molar-refractivity contribution in [2.75, 3.05) is 37.7 Å². The van der Waals surface area contributed by atoms with Crippen LogP contribution in [0, 0.1) is 0 Å². The van der Waals surface area contributed by atoms with Crippen molar-refractivity contribution in [1.82, 2.24) is 10.3 Å². The predicted molar refractivity (Wildman–Crippen MR) is 85.3 cm³/mol. The van der Waals surface area contributed by atoms with E-state index in [0.29, 0.717) is 6.04 Å². The van der Waals surface area contributed by atoms with Gasteiger partial charge >= 0.3 is 0 Å². The van der Waals surface area contributed by atoms with Crippen LogP contribution in [-0.4, -0.2) is 37.8 Å². The summed E-state index contributed by atoms with van der Waals surface area (Å²) in [5.41, 5.74) is 1.24. The molecule has 0 aliphatic rings. The number of nitrogens with one attached hydrogen (secondary N) is 1. The van der Waals surface area contributed by atoms with E-state index < -0.39 is 0 Å². The summed E-state index contributed by atoms with van der Waals surface area (Å²) in [6, 6.07) is 4.63. The minimum atomic E-state index is 0.356. The van der Waals surface area contributed by atoms with E-state index in [9.17, 15) is 0 Å². The van der Waals surface area contributed by atoms with Crippen molar-refractivity contribution in [3.8, 4) is 0 Å². The molecular weight excluding hydrogens is 250 g/mol. The minimum absolute atomic E-state index is 0.356. The highest BCUT2D eigenvalue weighted by atomic mass is 16.5. The molecule has 0 bridgehead atoms. The second-order valence-corrected chi connectivity index (χ2v) is 4.90. The van der Waals surface area contributed by atoms with Gasteiger partial charge in [-0.2, -0.15) is 0 Å². The lowest BCUT2D eigenvalue weighted by Gasteiger charge is -2.22. The van der Waals surface area contributed by atoms with Gasteiger partial charge in [-0.15, -0.1) is 0 Å².